The van der Waals surface area contributed by atoms with E-state index in [4.69, 9.17) is 16.3 Å². The smallest absolute Gasteiger partial charge is 0.258 e. The lowest BCUT2D eigenvalue weighted by Gasteiger charge is -2.28. The SMILES string of the molecule is COc1ccc(Cl)cc1C(=O)N1CCCC1C(=O)NCCN1CCNCC1. The molecule has 0 saturated carbocycles. The van der Waals surface area contributed by atoms with Crippen molar-refractivity contribution in [1.29, 1.82) is 0 Å². The first-order valence-corrected chi connectivity index (χ1v) is 9.83. The fraction of sp³-hybridized carbons (Fsp3) is 0.579. The number of methoxy groups -OCH3 is 1. The molecule has 0 aromatic heterocycles. The summed E-state index contributed by atoms with van der Waals surface area (Å²) in [7, 11) is 1.52. The normalized spacial score (nSPS) is 20.5. The number of carbonyl (C=O) groups excluding carboxylic acids is 2. The van der Waals surface area contributed by atoms with Crippen LogP contribution in [0.1, 0.15) is 23.2 Å². The molecule has 2 heterocycles. The maximum Gasteiger partial charge on any atom is 0.258 e. The van der Waals surface area contributed by atoms with Crippen molar-refractivity contribution >= 4 is 23.4 Å². The van der Waals surface area contributed by atoms with E-state index >= 15 is 0 Å². The van der Waals surface area contributed by atoms with Crippen molar-refractivity contribution in [2.45, 2.75) is 18.9 Å². The minimum atomic E-state index is -0.441. The molecule has 0 bridgehead atoms. The van der Waals surface area contributed by atoms with Crippen molar-refractivity contribution in [2.75, 3.05) is 52.9 Å². The second-order valence-electron chi connectivity index (χ2n) is 6.88. The minimum Gasteiger partial charge on any atom is -0.496 e. The summed E-state index contributed by atoms with van der Waals surface area (Å²) in [5.41, 5.74) is 0.394. The summed E-state index contributed by atoms with van der Waals surface area (Å²) >= 11 is 6.05. The maximum absolute atomic E-state index is 13.0. The minimum absolute atomic E-state index is 0.0861. The van der Waals surface area contributed by atoms with Gasteiger partial charge in [0.25, 0.3) is 5.91 Å². The third-order valence-corrected chi connectivity index (χ3v) is 5.38. The van der Waals surface area contributed by atoms with Crippen LogP contribution < -0.4 is 15.4 Å². The van der Waals surface area contributed by atoms with Crippen molar-refractivity contribution in [3.63, 3.8) is 0 Å². The van der Waals surface area contributed by atoms with Crippen molar-refractivity contribution < 1.29 is 14.3 Å². The van der Waals surface area contributed by atoms with Gasteiger partial charge < -0.3 is 20.3 Å². The molecule has 27 heavy (non-hydrogen) atoms. The van der Waals surface area contributed by atoms with E-state index in [0.717, 1.165) is 39.1 Å². The van der Waals surface area contributed by atoms with Crippen LogP contribution in [0.15, 0.2) is 18.2 Å². The molecule has 0 radical (unpaired) electrons. The van der Waals surface area contributed by atoms with Gasteiger partial charge in [-0.25, -0.2) is 0 Å². The van der Waals surface area contributed by atoms with Crippen LogP contribution in [0.4, 0.5) is 0 Å². The summed E-state index contributed by atoms with van der Waals surface area (Å²) in [6, 6.07) is 4.51. The molecule has 1 atom stereocenters. The molecule has 2 saturated heterocycles. The Balaban J connectivity index is 1.60. The standard InChI is InChI=1S/C19H27ClN4O3/c1-27-17-5-4-14(20)13-15(17)19(26)24-9-2-3-16(24)18(25)22-8-12-23-10-6-21-7-11-23/h4-5,13,16,21H,2-3,6-12H2,1H3,(H,22,25). The van der Waals surface area contributed by atoms with Crippen LogP contribution in [0.5, 0.6) is 5.75 Å². The number of halogens is 1. The molecule has 8 heteroatoms. The zero-order valence-electron chi connectivity index (χ0n) is 15.7. The molecule has 2 aliphatic heterocycles. The van der Waals surface area contributed by atoms with Crippen LogP contribution in [0.2, 0.25) is 5.02 Å². The van der Waals surface area contributed by atoms with Crippen molar-refractivity contribution in [2.24, 2.45) is 0 Å². The largest absolute Gasteiger partial charge is 0.496 e. The number of nitrogens with zero attached hydrogens (tertiary/aromatic N) is 2. The van der Waals surface area contributed by atoms with E-state index < -0.39 is 6.04 Å². The second kappa shape index (κ2) is 9.39. The molecule has 1 aromatic rings. The van der Waals surface area contributed by atoms with E-state index in [2.05, 4.69) is 15.5 Å². The Morgan fingerprint density at radius 1 is 1.30 bits per heavy atom. The molecule has 0 spiro atoms. The Morgan fingerprint density at radius 2 is 2.07 bits per heavy atom. The fourth-order valence-electron chi connectivity index (χ4n) is 3.67. The van der Waals surface area contributed by atoms with Crippen LogP contribution in [0.25, 0.3) is 0 Å². The number of hydrogen-bond donors (Lipinski definition) is 2. The highest BCUT2D eigenvalue weighted by molar-refractivity contribution is 6.31. The predicted molar refractivity (Wildman–Crippen MR) is 104 cm³/mol. The number of rotatable bonds is 6. The number of nitrogens with one attached hydrogen (secondary N) is 2. The second-order valence-corrected chi connectivity index (χ2v) is 7.32. The average Bonchev–Trinajstić information content (AvgIpc) is 3.18. The molecule has 1 unspecified atom stereocenters. The lowest BCUT2D eigenvalue weighted by atomic mass is 10.1. The first-order chi connectivity index (χ1) is 13.1. The molecule has 3 rings (SSSR count). The quantitative estimate of drug-likeness (QED) is 0.752. The molecule has 2 amide bonds. The monoisotopic (exact) mass is 394 g/mol. The lowest BCUT2D eigenvalue weighted by molar-refractivity contribution is -0.124. The van der Waals surface area contributed by atoms with Gasteiger partial charge in [-0.2, -0.15) is 0 Å². The fourth-order valence-corrected chi connectivity index (χ4v) is 3.85. The van der Waals surface area contributed by atoms with Crippen LogP contribution in [-0.2, 0) is 4.79 Å². The highest BCUT2D eigenvalue weighted by Gasteiger charge is 2.35. The summed E-state index contributed by atoms with van der Waals surface area (Å²) in [4.78, 5) is 29.6. The Labute approximate surface area is 165 Å². The lowest BCUT2D eigenvalue weighted by Crippen LogP contribution is -2.49. The van der Waals surface area contributed by atoms with Crippen molar-refractivity contribution in [3.8, 4) is 5.75 Å². The summed E-state index contributed by atoms with van der Waals surface area (Å²) in [5, 5.41) is 6.78. The Morgan fingerprint density at radius 3 is 2.81 bits per heavy atom. The number of amides is 2. The highest BCUT2D eigenvalue weighted by Crippen LogP contribution is 2.27. The van der Waals surface area contributed by atoms with Gasteiger partial charge in [0, 0.05) is 50.8 Å². The summed E-state index contributed by atoms with van der Waals surface area (Å²) in [6.45, 7) is 5.95. The van der Waals surface area contributed by atoms with E-state index in [1.54, 1.807) is 23.1 Å². The van der Waals surface area contributed by atoms with Gasteiger partial charge in [-0.3, -0.25) is 14.5 Å². The van der Waals surface area contributed by atoms with Crippen LogP contribution in [0, 0.1) is 0 Å². The number of ether oxygens (including phenoxy) is 1. The van der Waals surface area contributed by atoms with Gasteiger partial charge in [-0.1, -0.05) is 11.6 Å². The van der Waals surface area contributed by atoms with Gasteiger partial charge in [-0.15, -0.1) is 0 Å². The van der Waals surface area contributed by atoms with E-state index in [0.29, 0.717) is 35.8 Å². The van der Waals surface area contributed by atoms with Gasteiger partial charge >= 0.3 is 0 Å². The van der Waals surface area contributed by atoms with Gasteiger partial charge in [-0.05, 0) is 31.0 Å². The molecule has 2 fully saturated rings. The number of carbonyl (C=O) groups is 2. The van der Waals surface area contributed by atoms with Gasteiger partial charge in [0.15, 0.2) is 0 Å². The summed E-state index contributed by atoms with van der Waals surface area (Å²) in [5.74, 6) is 0.167. The van der Waals surface area contributed by atoms with E-state index in [1.807, 2.05) is 0 Å². The maximum atomic E-state index is 13.0. The third-order valence-electron chi connectivity index (χ3n) is 5.15. The molecule has 2 aliphatic rings. The van der Waals surface area contributed by atoms with Crippen molar-refractivity contribution in [1.82, 2.24) is 20.4 Å². The highest BCUT2D eigenvalue weighted by atomic mass is 35.5. The van der Waals surface area contributed by atoms with Crippen LogP contribution >= 0.6 is 11.6 Å². The first-order valence-electron chi connectivity index (χ1n) is 9.45. The number of benzene rings is 1. The Kier molecular flexibility index (Phi) is 6.93. The summed E-state index contributed by atoms with van der Waals surface area (Å²) < 4.78 is 5.29. The number of likely N-dealkylation sites (tertiary alicyclic amines) is 1. The van der Waals surface area contributed by atoms with Crippen LogP contribution in [0.3, 0.4) is 0 Å². The molecule has 1 aromatic carbocycles. The Hall–Kier alpha value is -1.83. The van der Waals surface area contributed by atoms with Gasteiger partial charge in [0.2, 0.25) is 5.91 Å². The Bertz CT molecular complexity index is 679. The van der Waals surface area contributed by atoms with Gasteiger partial charge in [0.1, 0.15) is 11.8 Å². The average molecular weight is 395 g/mol. The molecule has 0 aliphatic carbocycles. The van der Waals surface area contributed by atoms with E-state index in [1.165, 1.54) is 7.11 Å². The summed E-state index contributed by atoms with van der Waals surface area (Å²) in [6.07, 6.45) is 1.48. The van der Waals surface area contributed by atoms with Crippen LogP contribution in [-0.4, -0.2) is 80.6 Å². The zero-order valence-corrected chi connectivity index (χ0v) is 16.4. The number of hydrogen-bond acceptors (Lipinski definition) is 5. The first kappa shape index (κ1) is 19.9. The van der Waals surface area contributed by atoms with E-state index in [-0.39, 0.29) is 11.8 Å². The van der Waals surface area contributed by atoms with Gasteiger partial charge in [0.05, 0.1) is 12.7 Å². The molecule has 148 valence electrons. The zero-order chi connectivity index (χ0) is 19.2. The molecule has 2 N–H and O–H groups in total. The molecular formula is C19H27ClN4O3. The molecule has 7 nitrogen and oxygen atoms in total. The third kappa shape index (κ3) is 4.91. The predicted octanol–water partition coefficient (Wildman–Crippen LogP) is 0.975. The molecular weight excluding hydrogens is 368 g/mol. The topological polar surface area (TPSA) is 73.9 Å². The van der Waals surface area contributed by atoms with Crippen molar-refractivity contribution in [3.05, 3.63) is 28.8 Å². The van der Waals surface area contributed by atoms with E-state index in [9.17, 15) is 9.59 Å². The number of piperazine rings is 1.